The summed E-state index contributed by atoms with van der Waals surface area (Å²) in [4.78, 5) is 9.80. The number of hydrazone groups is 1. The van der Waals surface area contributed by atoms with E-state index in [9.17, 15) is 4.39 Å². The van der Waals surface area contributed by atoms with Crippen molar-refractivity contribution in [3.05, 3.63) is 114 Å². The van der Waals surface area contributed by atoms with Crippen LogP contribution in [0.1, 0.15) is 11.1 Å². The van der Waals surface area contributed by atoms with Crippen molar-refractivity contribution in [2.75, 3.05) is 5.43 Å². The van der Waals surface area contributed by atoms with Crippen LogP contribution >= 0.6 is 11.3 Å². The Bertz CT molecular complexity index is 1650. The van der Waals surface area contributed by atoms with Crippen LogP contribution < -0.4 is 5.43 Å². The second-order valence-electron chi connectivity index (χ2n) is 8.14. The Morgan fingerprint density at radius 2 is 1.74 bits per heavy atom. The van der Waals surface area contributed by atoms with E-state index in [-0.39, 0.29) is 5.82 Å². The Kier molecular flexibility index (Phi) is 5.52. The van der Waals surface area contributed by atoms with Crippen molar-refractivity contribution in [1.29, 1.82) is 0 Å². The van der Waals surface area contributed by atoms with Gasteiger partial charge in [-0.1, -0.05) is 60.7 Å². The molecule has 3 aromatic heterocycles. The van der Waals surface area contributed by atoms with E-state index in [0.29, 0.717) is 12.4 Å². The van der Waals surface area contributed by atoms with Gasteiger partial charge in [0.2, 0.25) is 0 Å². The molecule has 0 aliphatic heterocycles. The lowest BCUT2D eigenvalue weighted by Gasteiger charge is -2.05. The quantitative estimate of drug-likeness (QED) is 0.209. The molecule has 6 aromatic rings. The zero-order valence-electron chi connectivity index (χ0n) is 18.6. The maximum atomic E-state index is 13.3. The average Bonchev–Trinajstić information content (AvgIpc) is 3.49. The van der Waals surface area contributed by atoms with Gasteiger partial charge in [0.05, 0.1) is 11.6 Å². The van der Waals surface area contributed by atoms with Crippen LogP contribution in [-0.4, -0.2) is 20.7 Å². The summed E-state index contributed by atoms with van der Waals surface area (Å²) < 4.78 is 15.5. The SMILES string of the molecule is Fc1ccc(Cn2cc(/C=N\Nc3ncnc4scc(-c5ccccc5)c34)c3ccccc32)cc1. The molecule has 6 rings (SSSR count). The third-order valence-electron chi connectivity index (χ3n) is 5.91. The molecule has 5 nitrogen and oxygen atoms in total. The number of nitrogens with one attached hydrogen (secondary N) is 1. The van der Waals surface area contributed by atoms with Crippen LogP contribution in [0, 0.1) is 5.82 Å². The molecule has 7 heteroatoms. The highest BCUT2D eigenvalue weighted by molar-refractivity contribution is 7.17. The summed E-state index contributed by atoms with van der Waals surface area (Å²) in [7, 11) is 0. The minimum absolute atomic E-state index is 0.232. The normalized spacial score (nSPS) is 11.6. The van der Waals surface area contributed by atoms with Crippen LogP contribution in [0.25, 0.3) is 32.2 Å². The van der Waals surface area contributed by atoms with E-state index in [0.717, 1.165) is 43.4 Å². The topological polar surface area (TPSA) is 55.1 Å². The number of benzene rings is 3. The molecule has 0 radical (unpaired) electrons. The number of fused-ring (bicyclic) bond motifs is 2. The van der Waals surface area contributed by atoms with Gasteiger partial charge in [-0.15, -0.1) is 11.3 Å². The first kappa shape index (κ1) is 21.2. The molecule has 0 unspecified atom stereocenters. The predicted octanol–water partition coefficient (Wildman–Crippen LogP) is 6.95. The number of para-hydroxylation sites is 1. The second kappa shape index (κ2) is 9.12. The molecular weight excluding hydrogens is 457 g/mol. The Balaban J connectivity index is 1.32. The molecule has 3 heterocycles. The first-order valence-corrected chi connectivity index (χ1v) is 12.0. The highest BCUT2D eigenvalue weighted by Crippen LogP contribution is 2.36. The zero-order chi connectivity index (χ0) is 23.6. The number of anilines is 1. The van der Waals surface area contributed by atoms with Gasteiger partial charge in [0.1, 0.15) is 17.0 Å². The Morgan fingerprint density at radius 3 is 2.60 bits per heavy atom. The van der Waals surface area contributed by atoms with Gasteiger partial charge in [0, 0.05) is 40.2 Å². The molecular formula is C28H20FN5S. The van der Waals surface area contributed by atoms with E-state index in [2.05, 4.69) is 60.9 Å². The predicted molar refractivity (Wildman–Crippen MR) is 142 cm³/mol. The lowest BCUT2D eigenvalue weighted by molar-refractivity contribution is 0.626. The number of hydrogen-bond acceptors (Lipinski definition) is 5. The fourth-order valence-corrected chi connectivity index (χ4v) is 5.16. The maximum absolute atomic E-state index is 13.3. The summed E-state index contributed by atoms with van der Waals surface area (Å²) in [6, 6.07) is 25.0. The number of halogens is 1. The van der Waals surface area contributed by atoms with Gasteiger partial charge >= 0.3 is 0 Å². The number of hydrogen-bond donors (Lipinski definition) is 1. The van der Waals surface area contributed by atoms with E-state index in [4.69, 9.17) is 0 Å². The highest BCUT2D eigenvalue weighted by atomic mass is 32.1. The summed E-state index contributed by atoms with van der Waals surface area (Å²) in [5.74, 6) is 0.436. The monoisotopic (exact) mass is 477 g/mol. The number of aromatic nitrogens is 3. The molecule has 0 aliphatic carbocycles. The van der Waals surface area contributed by atoms with Gasteiger partial charge in [-0.3, -0.25) is 5.43 Å². The number of nitrogens with zero attached hydrogens (tertiary/aromatic N) is 4. The van der Waals surface area contributed by atoms with Crippen molar-refractivity contribution < 1.29 is 4.39 Å². The number of thiophene rings is 1. The van der Waals surface area contributed by atoms with Gasteiger partial charge in [-0.25, -0.2) is 14.4 Å². The van der Waals surface area contributed by atoms with Crippen molar-refractivity contribution in [2.45, 2.75) is 6.54 Å². The first-order chi connectivity index (χ1) is 17.3. The van der Waals surface area contributed by atoms with Crippen LogP contribution in [0.3, 0.4) is 0 Å². The summed E-state index contributed by atoms with van der Waals surface area (Å²) >= 11 is 1.59. The standard InChI is InChI=1S/C28H20FN5S/c29-22-12-10-19(11-13-22)15-34-16-21(23-8-4-5-9-25(23)34)14-32-33-27-26-24(20-6-2-1-3-7-20)17-35-28(26)31-18-30-27/h1-14,16-18H,15H2,(H,30,31,33)/b32-14-. The smallest absolute Gasteiger partial charge is 0.159 e. The van der Waals surface area contributed by atoms with E-state index >= 15 is 0 Å². The van der Waals surface area contributed by atoms with Crippen molar-refractivity contribution >= 4 is 44.5 Å². The third-order valence-corrected chi connectivity index (χ3v) is 6.80. The average molecular weight is 478 g/mol. The molecule has 0 fully saturated rings. The van der Waals surface area contributed by atoms with Crippen molar-refractivity contribution in [3.63, 3.8) is 0 Å². The molecule has 1 N–H and O–H groups in total. The van der Waals surface area contributed by atoms with Crippen molar-refractivity contribution in [2.24, 2.45) is 5.10 Å². The van der Waals surface area contributed by atoms with Gasteiger partial charge in [-0.2, -0.15) is 5.10 Å². The molecule has 0 aliphatic rings. The molecule has 0 saturated carbocycles. The highest BCUT2D eigenvalue weighted by Gasteiger charge is 2.13. The molecule has 0 spiro atoms. The van der Waals surface area contributed by atoms with Crippen molar-refractivity contribution in [1.82, 2.24) is 14.5 Å². The van der Waals surface area contributed by atoms with Crippen LogP contribution in [0.5, 0.6) is 0 Å². The van der Waals surface area contributed by atoms with E-state index in [1.165, 1.54) is 12.1 Å². The molecule has 35 heavy (non-hydrogen) atoms. The van der Waals surface area contributed by atoms with Crippen LogP contribution in [0.2, 0.25) is 0 Å². The van der Waals surface area contributed by atoms with E-state index < -0.39 is 0 Å². The minimum Gasteiger partial charge on any atom is -0.342 e. The fraction of sp³-hybridized carbons (Fsp3) is 0.0357. The molecule has 170 valence electrons. The molecule has 0 amide bonds. The van der Waals surface area contributed by atoms with Crippen LogP contribution in [0.15, 0.2) is 102 Å². The van der Waals surface area contributed by atoms with Gasteiger partial charge < -0.3 is 4.57 Å². The molecule has 0 bridgehead atoms. The summed E-state index contributed by atoms with van der Waals surface area (Å²) in [6.07, 6.45) is 5.43. The minimum atomic E-state index is -0.232. The number of rotatable bonds is 6. The third kappa shape index (κ3) is 4.18. The molecule has 0 atom stereocenters. The van der Waals surface area contributed by atoms with E-state index in [1.54, 1.807) is 17.7 Å². The van der Waals surface area contributed by atoms with Crippen LogP contribution in [0.4, 0.5) is 10.2 Å². The van der Waals surface area contributed by atoms with Gasteiger partial charge in [0.25, 0.3) is 0 Å². The van der Waals surface area contributed by atoms with E-state index in [1.807, 2.05) is 48.7 Å². The van der Waals surface area contributed by atoms with Crippen LogP contribution in [-0.2, 0) is 6.54 Å². The second-order valence-corrected chi connectivity index (χ2v) is 9.00. The van der Waals surface area contributed by atoms with Gasteiger partial charge in [0.15, 0.2) is 5.82 Å². The summed E-state index contributed by atoms with van der Waals surface area (Å²) in [6.45, 7) is 0.643. The molecule has 0 saturated heterocycles. The summed E-state index contributed by atoms with van der Waals surface area (Å²) in [5.41, 5.74) is 8.44. The zero-order valence-corrected chi connectivity index (χ0v) is 19.4. The van der Waals surface area contributed by atoms with Gasteiger partial charge in [-0.05, 0) is 29.3 Å². The summed E-state index contributed by atoms with van der Waals surface area (Å²) in [5, 5.41) is 8.69. The Labute approximate surface area is 205 Å². The Hall–Kier alpha value is -4.36. The first-order valence-electron chi connectivity index (χ1n) is 11.2. The maximum Gasteiger partial charge on any atom is 0.159 e. The lowest BCUT2D eigenvalue weighted by atomic mass is 10.1. The largest absolute Gasteiger partial charge is 0.342 e. The van der Waals surface area contributed by atoms with Crippen molar-refractivity contribution in [3.8, 4) is 11.1 Å². The Morgan fingerprint density at radius 1 is 0.943 bits per heavy atom. The fourth-order valence-electron chi connectivity index (χ4n) is 4.25. The lowest BCUT2D eigenvalue weighted by Crippen LogP contribution is -1.98. The molecule has 3 aromatic carbocycles.